The number of carbonyl (C=O) groups excluding carboxylic acids is 1. The highest BCUT2D eigenvalue weighted by Gasteiger charge is 2.34. The number of rotatable bonds is 5. The summed E-state index contributed by atoms with van der Waals surface area (Å²) in [6.07, 6.45) is 1.27. The van der Waals surface area contributed by atoms with Crippen LogP contribution in [0.2, 0.25) is 0 Å². The number of amides is 1. The van der Waals surface area contributed by atoms with E-state index < -0.39 is 6.17 Å². The zero-order chi connectivity index (χ0) is 16.4. The Labute approximate surface area is 137 Å². The van der Waals surface area contributed by atoms with Gasteiger partial charge in [0.05, 0.1) is 6.54 Å². The number of carbonyl (C=O) groups is 1. The maximum Gasteiger partial charge on any atom is 0.295 e. The number of nitrogens with zero attached hydrogens (tertiary/aromatic N) is 5. The van der Waals surface area contributed by atoms with Gasteiger partial charge in [-0.15, -0.1) is 11.3 Å². The minimum atomic E-state index is -0.879. The lowest BCUT2D eigenvalue weighted by molar-refractivity contribution is 0.0734. The maximum absolute atomic E-state index is 13.8. The predicted molar refractivity (Wildman–Crippen MR) is 81.8 cm³/mol. The van der Waals surface area contributed by atoms with Crippen LogP contribution in [0.3, 0.4) is 0 Å². The van der Waals surface area contributed by atoms with Gasteiger partial charge >= 0.3 is 0 Å². The summed E-state index contributed by atoms with van der Waals surface area (Å²) in [5.74, 6) is 0.0569. The second-order valence-electron chi connectivity index (χ2n) is 5.66. The number of halogens is 1. The molecule has 3 rings (SSSR count). The number of aromatic nitrogens is 3. The predicted octanol–water partition coefficient (Wildman–Crippen LogP) is 1.52. The Morgan fingerprint density at radius 2 is 2.43 bits per heavy atom. The quantitative estimate of drug-likeness (QED) is 0.822. The Morgan fingerprint density at radius 1 is 1.61 bits per heavy atom. The molecule has 7 nitrogen and oxygen atoms in total. The fourth-order valence-electron chi connectivity index (χ4n) is 2.77. The van der Waals surface area contributed by atoms with Gasteiger partial charge in [-0.25, -0.2) is 9.37 Å². The summed E-state index contributed by atoms with van der Waals surface area (Å²) in [6, 6.07) is -0.0455. The standard InChI is InChI=1S/C14H18FN5O2S/c1-9-17-13(18-22-9)14(21)19(2)7-11-5-10(15)6-20(11)8-12-16-3-4-23-12/h3-4,10-11H,5-8H2,1-2H3/t10-,11-/m0/s1. The highest BCUT2D eigenvalue weighted by molar-refractivity contribution is 7.09. The fraction of sp³-hybridized carbons (Fsp3) is 0.571. The molecule has 124 valence electrons. The van der Waals surface area contributed by atoms with Crippen molar-refractivity contribution in [2.75, 3.05) is 20.1 Å². The summed E-state index contributed by atoms with van der Waals surface area (Å²) in [7, 11) is 1.67. The van der Waals surface area contributed by atoms with Gasteiger partial charge < -0.3 is 9.42 Å². The van der Waals surface area contributed by atoms with E-state index in [0.29, 0.717) is 31.9 Å². The van der Waals surface area contributed by atoms with E-state index in [0.717, 1.165) is 5.01 Å². The Balaban J connectivity index is 1.63. The summed E-state index contributed by atoms with van der Waals surface area (Å²) < 4.78 is 18.7. The molecule has 1 aliphatic heterocycles. The molecular weight excluding hydrogens is 321 g/mol. The molecule has 1 aliphatic rings. The van der Waals surface area contributed by atoms with E-state index >= 15 is 0 Å². The van der Waals surface area contributed by atoms with Crippen LogP contribution in [-0.4, -0.2) is 63.2 Å². The minimum absolute atomic E-state index is 0.0336. The number of aryl methyl sites for hydroxylation is 1. The summed E-state index contributed by atoms with van der Waals surface area (Å²) in [5, 5.41) is 6.49. The van der Waals surface area contributed by atoms with E-state index in [4.69, 9.17) is 4.52 Å². The molecule has 0 N–H and O–H groups in total. The first-order valence-corrected chi connectivity index (χ1v) is 8.23. The summed E-state index contributed by atoms with van der Waals surface area (Å²) in [4.78, 5) is 24.0. The van der Waals surface area contributed by atoms with Crippen LogP contribution >= 0.6 is 11.3 Å². The van der Waals surface area contributed by atoms with Crippen LogP contribution in [0.4, 0.5) is 4.39 Å². The normalized spacial score (nSPS) is 21.7. The third-order valence-corrected chi connectivity index (χ3v) is 4.61. The van der Waals surface area contributed by atoms with Crippen molar-refractivity contribution < 1.29 is 13.7 Å². The van der Waals surface area contributed by atoms with Crippen molar-refractivity contribution in [3.8, 4) is 0 Å². The number of alkyl halides is 1. The largest absolute Gasteiger partial charge is 0.339 e. The van der Waals surface area contributed by atoms with Crippen LogP contribution < -0.4 is 0 Å². The molecule has 0 spiro atoms. The van der Waals surface area contributed by atoms with Gasteiger partial charge in [0.2, 0.25) is 5.89 Å². The molecule has 0 saturated carbocycles. The Morgan fingerprint density at radius 3 is 3.09 bits per heavy atom. The van der Waals surface area contributed by atoms with Crippen molar-refractivity contribution in [1.29, 1.82) is 0 Å². The average Bonchev–Trinajstić information content (AvgIpc) is 3.22. The molecule has 3 heterocycles. The number of hydrogen-bond acceptors (Lipinski definition) is 7. The SMILES string of the molecule is Cc1nc(C(=O)N(C)C[C@@H]2C[C@H](F)CN2Cc2nccs2)no1. The van der Waals surface area contributed by atoms with Gasteiger partial charge in [-0.1, -0.05) is 5.16 Å². The molecule has 1 saturated heterocycles. The maximum atomic E-state index is 13.8. The Bertz CT molecular complexity index is 662. The van der Waals surface area contributed by atoms with Crippen LogP contribution in [-0.2, 0) is 6.54 Å². The van der Waals surface area contributed by atoms with Crippen LogP contribution in [0.1, 0.15) is 27.9 Å². The van der Waals surface area contributed by atoms with E-state index in [2.05, 4.69) is 15.1 Å². The molecule has 1 fully saturated rings. The smallest absolute Gasteiger partial charge is 0.295 e. The molecule has 2 aromatic heterocycles. The molecule has 0 bridgehead atoms. The monoisotopic (exact) mass is 339 g/mol. The molecule has 1 amide bonds. The first-order chi connectivity index (χ1) is 11.0. The van der Waals surface area contributed by atoms with Crippen molar-refractivity contribution in [3.05, 3.63) is 28.3 Å². The first-order valence-electron chi connectivity index (χ1n) is 7.35. The fourth-order valence-corrected chi connectivity index (χ4v) is 3.41. The van der Waals surface area contributed by atoms with Crippen LogP contribution in [0.5, 0.6) is 0 Å². The number of likely N-dealkylation sites (N-methyl/N-ethyl adjacent to an activating group) is 1. The lowest BCUT2D eigenvalue weighted by atomic mass is 10.2. The van der Waals surface area contributed by atoms with Gasteiger partial charge in [-0.05, 0) is 6.42 Å². The minimum Gasteiger partial charge on any atom is -0.339 e. The van der Waals surface area contributed by atoms with Gasteiger partial charge in [0.15, 0.2) is 0 Å². The van der Waals surface area contributed by atoms with Crippen LogP contribution in [0, 0.1) is 6.92 Å². The molecular formula is C14H18FN5O2S. The molecule has 0 unspecified atom stereocenters. The van der Waals surface area contributed by atoms with E-state index in [9.17, 15) is 9.18 Å². The van der Waals surface area contributed by atoms with Gasteiger partial charge in [0, 0.05) is 44.7 Å². The van der Waals surface area contributed by atoms with Crippen LogP contribution in [0.25, 0.3) is 0 Å². The molecule has 2 aromatic rings. The van der Waals surface area contributed by atoms with E-state index in [1.807, 2.05) is 10.3 Å². The van der Waals surface area contributed by atoms with Crippen molar-refractivity contribution in [3.63, 3.8) is 0 Å². The number of hydrogen-bond donors (Lipinski definition) is 0. The van der Waals surface area contributed by atoms with Gasteiger partial charge in [-0.2, -0.15) is 4.98 Å². The topological polar surface area (TPSA) is 75.4 Å². The third-order valence-electron chi connectivity index (χ3n) is 3.85. The first kappa shape index (κ1) is 16.0. The van der Waals surface area contributed by atoms with Gasteiger partial charge in [-0.3, -0.25) is 9.69 Å². The summed E-state index contributed by atoms with van der Waals surface area (Å²) in [6.45, 7) is 3.02. The van der Waals surface area contributed by atoms with Gasteiger partial charge in [0.25, 0.3) is 11.7 Å². The lowest BCUT2D eigenvalue weighted by Gasteiger charge is -2.27. The summed E-state index contributed by atoms with van der Waals surface area (Å²) >= 11 is 1.55. The van der Waals surface area contributed by atoms with Crippen molar-refractivity contribution in [2.24, 2.45) is 0 Å². The molecule has 9 heteroatoms. The number of thiazole rings is 1. The van der Waals surface area contributed by atoms with Crippen molar-refractivity contribution in [2.45, 2.75) is 32.1 Å². The second-order valence-corrected chi connectivity index (χ2v) is 6.64. The van der Waals surface area contributed by atoms with Gasteiger partial charge in [0.1, 0.15) is 11.2 Å². The third kappa shape index (κ3) is 3.73. The highest BCUT2D eigenvalue weighted by Crippen LogP contribution is 2.24. The Hall–Kier alpha value is -1.87. The lowest BCUT2D eigenvalue weighted by Crippen LogP contribution is -2.41. The molecule has 0 aromatic carbocycles. The van der Waals surface area contributed by atoms with Crippen molar-refractivity contribution in [1.82, 2.24) is 24.9 Å². The van der Waals surface area contributed by atoms with Crippen LogP contribution in [0.15, 0.2) is 16.1 Å². The van der Waals surface area contributed by atoms with E-state index in [1.165, 1.54) is 4.90 Å². The van der Waals surface area contributed by atoms with Crippen molar-refractivity contribution >= 4 is 17.2 Å². The molecule has 0 aliphatic carbocycles. The number of likely N-dealkylation sites (tertiary alicyclic amines) is 1. The zero-order valence-electron chi connectivity index (χ0n) is 13.0. The molecule has 23 heavy (non-hydrogen) atoms. The zero-order valence-corrected chi connectivity index (χ0v) is 13.8. The highest BCUT2D eigenvalue weighted by atomic mass is 32.1. The average molecular weight is 339 g/mol. The Kier molecular flexibility index (Phi) is 4.67. The molecule has 2 atom stereocenters. The summed E-state index contributed by atoms with van der Waals surface area (Å²) in [5.41, 5.74) is 0. The van der Waals surface area contributed by atoms with E-state index in [1.54, 1.807) is 31.5 Å². The molecule has 0 radical (unpaired) electrons. The second kappa shape index (κ2) is 6.71. The van der Waals surface area contributed by atoms with E-state index in [-0.39, 0.29) is 17.8 Å².